The summed E-state index contributed by atoms with van der Waals surface area (Å²) in [4.78, 5) is 0. The van der Waals surface area contributed by atoms with Gasteiger partial charge in [0.05, 0.1) is 26.9 Å². The maximum Gasteiger partial charge on any atom is 0.207 e. The molecule has 2 heterocycles. The van der Waals surface area contributed by atoms with Gasteiger partial charge in [0.2, 0.25) is 11.5 Å². The molecule has 3 aromatic rings. The van der Waals surface area contributed by atoms with E-state index in [4.69, 9.17) is 18.9 Å². The van der Waals surface area contributed by atoms with Crippen LogP contribution in [0.2, 0.25) is 0 Å². The molecule has 5 aliphatic rings. The van der Waals surface area contributed by atoms with Gasteiger partial charge in [0.25, 0.3) is 0 Å². The quantitative estimate of drug-likeness (QED) is 0.110. The van der Waals surface area contributed by atoms with Crippen molar-refractivity contribution in [2.24, 2.45) is 11.8 Å². The molecule has 0 saturated heterocycles. The summed E-state index contributed by atoms with van der Waals surface area (Å²) in [6.45, 7) is 4.15. The van der Waals surface area contributed by atoms with E-state index in [9.17, 15) is 30.6 Å². The van der Waals surface area contributed by atoms with Crippen molar-refractivity contribution < 1.29 is 49.6 Å². The molecular weight excluding hydrogens is 741 g/mol. The second kappa shape index (κ2) is 15.6. The molecule has 55 heavy (non-hydrogen) atoms. The van der Waals surface area contributed by atoms with E-state index in [0.29, 0.717) is 48.0 Å². The van der Waals surface area contributed by atoms with Crippen LogP contribution in [0, 0.1) is 11.8 Å². The van der Waals surface area contributed by atoms with Crippen LogP contribution in [0.1, 0.15) is 112 Å². The highest BCUT2D eigenvalue weighted by atomic mass is 33.1. The number of hydrogen-bond acceptors (Lipinski definition) is 12. The molecule has 6 bridgehead atoms. The molecule has 10 nitrogen and oxygen atoms in total. The molecule has 6 N–H and O–H groups in total. The number of hydrogen-bond donors (Lipinski definition) is 6. The number of aliphatic hydroxyl groups is 3. The number of phenols is 3. The molecular formula is C43H54O10S2. The molecule has 0 spiro atoms. The average Bonchev–Trinajstić information content (AvgIpc) is 3.17. The summed E-state index contributed by atoms with van der Waals surface area (Å²) < 4.78 is 25.1. The number of benzene rings is 3. The van der Waals surface area contributed by atoms with E-state index in [1.165, 1.54) is 20.0 Å². The van der Waals surface area contributed by atoms with Gasteiger partial charge in [0.1, 0.15) is 30.0 Å². The van der Waals surface area contributed by atoms with Crippen molar-refractivity contribution in [3.05, 3.63) is 52.6 Å². The van der Waals surface area contributed by atoms with Gasteiger partial charge in [-0.05, 0) is 97.6 Å². The first-order valence-electron chi connectivity index (χ1n) is 19.9. The largest absolute Gasteiger partial charge is 0.508 e. The fourth-order valence-electron chi connectivity index (χ4n) is 10.2. The fraction of sp³-hybridized carbons (Fsp3) is 0.581. The van der Waals surface area contributed by atoms with Crippen LogP contribution in [0.3, 0.4) is 0 Å². The van der Waals surface area contributed by atoms with Crippen molar-refractivity contribution in [1.29, 1.82) is 0 Å². The molecule has 2 saturated carbocycles. The van der Waals surface area contributed by atoms with Gasteiger partial charge in [-0.25, -0.2) is 0 Å². The molecule has 0 amide bonds. The highest BCUT2D eigenvalue weighted by Crippen LogP contribution is 2.66. The Hall–Kier alpha value is -3.16. The van der Waals surface area contributed by atoms with E-state index >= 15 is 0 Å². The van der Waals surface area contributed by atoms with Crippen molar-refractivity contribution in [3.8, 4) is 51.4 Å². The van der Waals surface area contributed by atoms with Gasteiger partial charge in [0, 0.05) is 45.1 Å². The standard InChI is InChI=1S/C43H54O10S2/c1-22(2)12-15-51-33-19-30(39(47)41(50-3)40(33)48)43-13-11-34-38(42(43)49)37-32(53-43)20-31(52-16-14-44)35-27-10-8-24(46)18-28(27)26(29(21-45)36(35)37)9-7-23-5-4-6-25(17-23)54-55-34/h8,10,18-20,22-23,25-26,29,34,38,42,44-49H,4-7,9,11-17,21H2,1-3H3. The smallest absolute Gasteiger partial charge is 0.207 e. The molecule has 3 aromatic carbocycles. The molecule has 3 aliphatic carbocycles. The SMILES string of the molecule is COc1c(O)c(OCCC(C)C)cc(C23CCC4SSC5CCCC(CCC6c7cc(O)ccc7-c7c(OCCO)cc(c(c7C6CO)C4C2O)O3)C5)c1O. The van der Waals surface area contributed by atoms with Crippen molar-refractivity contribution in [2.75, 3.05) is 33.5 Å². The minimum atomic E-state index is -1.46. The summed E-state index contributed by atoms with van der Waals surface area (Å²) in [5.74, 6) is 0.409. The zero-order valence-electron chi connectivity index (χ0n) is 31.8. The Labute approximate surface area is 331 Å². The third kappa shape index (κ3) is 6.67. The van der Waals surface area contributed by atoms with E-state index in [2.05, 4.69) is 13.8 Å². The van der Waals surface area contributed by atoms with Crippen LogP contribution in [0.15, 0.2) is 30.3 Å². The third-order valence-corrected chi connectivity index (χ3v) is 16.3. The first-order chi connectivity index (χ1) is 26.6. The van der Waals surface area contributed by atoms with Gasteiger partial charge < -0.3 is 49.6 Å². The summed E-state index contributed by atoms with van der Waals surface area (Å²) in [5.41, 5.74) is 3.16. The van der Waals surface area contributed by atoms with E-state index in [1.807, 2.05) is 39.8 Å². The van der Waals surface area contributed by atoms with Gasteiger partial charge in [0.15, 0.2) is 17.1 Å². The predicted octanol–water partition coefficient (Wildman–Crippen LogP) is 8.08. The normalized spacial score (nSPS) is 29.3. The first kappa shape index (κ1) is 38.7. The maximum atomic E-state index is 13.0. The molecule has 8 atom stereocenters. The highest BCUT2D eigenvalue weighted by Gasteiger charge is 2.60. The van der Waals surface area contributed by atoms with E-state index < -0.39 is 17.6 Å². The lowest BCUT2D eigenvalue weighted by Crippen LogP contribution is -2.57. The van der Waals surface area contributed by atoms with Crippen LogP contribution in [0.5, 0.6) is 40.2 Å². The fourth-order valence-corrected chi connectivity index (χ4v) is 13.8. The lowest BCUT2D eigenvalue weighted by atomic mass is 9.61. The predicted molar refractivity (Wildman–Crippen MR) is 214 cm³/mol. The number of aliphatic hydroxyl groups excluding tert-OH is 3. The molecule has 0 radical (unpaired) electrons. The molecule has 2 fully saturated rings. The Morgan fingerprint density at radius 1 is 0.909 bits per heavy atom. The van der Waals surface area contributed by atoms with Crippen LogP contribution in [-0.2, 0) is 5.60 Å². The maximum absolute atomic E-state index is 13.0. The molecule has 8 unspecified atom stereocenters. The Morgan fingerprint density at radius 3 is 2.49 bits per heavy atom. The second-order valence-corrected chi connectivity index (χ2v) is 19.3. The van der Waals surface area contributed by atoms with Gasteiger partial charge in [-0.2, -0.15) is 0 Å². The molecule has 0 aromatic heterocycles. The number of phenolic OH excluding ortho intramolecular Hbond substituents is 3. The minimum absolute atomic E-state index is 0.0221. The van der Waals surface area contributed by atoms with Crippen LogP contribution in [0.4, 0.5) is 0 Å². The van der Waals surface area contributed by atoms with Gasteiger partial charge in [-0.15, -0.1) is 0 Å². The number of rotatable bonds is 10. The number of methoxy groups -OCH3 is 1. The van der Waals surface area contributed by atoms with E-state index in [0.717, 1.165) is 59.9 Å². The van der Waals surface area contributed by atoms with Gasteiger partial charge in [-0.3, -0.25) is 0 Å². The number of ether oxygens (including phenoxy) is 4. The van der Waals surface area contributed by atoms with Gasteiger partial charge in [-0.1, -0.05) is 54.3 Å². The van der Waals surface area contributed by atoms with Crippen molar-refractivity contribution in [2.45, 2.75) is 112 Å². The molecule has 12 heteroatoms. The zero-order valence-corrected chi connectivity index (χ0v) is 33.5. The van der Waals surface area contributed by atoms with E-state index in [1.54, 1.807) is 12.1 Å². The highest BCUT2D eigenvalue weighted by molar-refractivity contribution is 8.77. The van der Waals surface area contributed by atoms with Crippen LogP contribution < -0.4 is 18.9 Å². The first-order valence-corrected chi connectivity index (χ1v) is 22.2. The number of aromatic hydroxyl groups is 3. The van der Waals surface area contributed by atoms with Crippen LogP contribution in [0.25, 0.3) is 11.1 Å². The summed E-state index contributed by atoms with van der Waals surface area (Å²) in [6, 6.07) is 8.86. The molecule has 2 aliphatic heterocycles. The van der Waals surface area contributed by atoms with Crippen molar-refractivity contribution >= 4 is 21.6 Å². The lowest BCUT2D eigenvalue weighted by molar-refractivity contribution is -0.112. The summed E-state index contributed by atoms with van der Waals surface area (Å²) in [6.07, 6.45) is 7.09. The third-order valence-electron chi connectivity index (χ3n) is 12.8. The molecule has 8 rings (SSSR count). The van der Waals surface area contributed by atoms with Gasteiger partial charge >= 0.3 is 0 Å². The summed E-state index contributed by atoms with van der Waals surface area (Å²) in [7, 11) is 5.16. The van der Waals surface area contributed by atoms with Crippen LogP contribution in [-0.4, -0.2) is 80.8 Å². The zero-order chi connectivity index (χ0) is 38.6. The molecule has 298 valence electrons. The minimum Gasteiger partial charge on any atom is -0.508 e. The monoisotopic (exact) mass is 794 g/mol. The second-order valence-electron chi connectivity index (χ2n) is 16.5. The van der Waals surface area contributed by atoms with Crippen molar-refractivity contribution in [3.63, 3.8) is 0 Å². The Kier molecular flexibility index (Phi) is 11.0. The Bertz CT molecular complexity index is 1900. The number of fused-ring (bicyclic) bond motifs is 7. The van der Waals surface area contributed by atoms with Crippen molar-refractivity contribution in [1.82, 2.24) is 0 Å². The average molecular weight is 795 g/mol. The summed E-state index contributed by atoms with van der Waals surface area (Å²) in [5, 5.41) is 68.8. The summed E-state index contributed by atoms with van der Waals surface area (Å²) >= 11 is 0. The topological polar surface area (TPSA) is 158 Å². The Morgan fingerprint density at radius 2 is 1.73 bits per heavy atom. The van der Waals surface area contributed by atoms with E-state index in [-0.39, 0.29) is 71.2 Å². The van der Waals surface area contributed by atoms with Crippen LogP contribution >= 0.6 is 21.6 Å². The Balaban J connectivity index is 1.37. The lowest BCUT2D eigenvalue weighted by Gasteiger charge is -2.54.